The van der Waals surface area contributed by atoms with E-state index in [1.54, 1.807) is 0 Å². The third-order valence-corrected chi connectivity index (χ3v) is 8.38. The Bertz CT molecular complexity index is 1070. The van der Waals surface area contributed by atoms with Crippen molar-refractivity contribution in [3.63, 3.8) is 0 Å². The summed E-state index contributed by atoms with van der Waals surface area (Å²) in [6.07, 6.45) is 14.5. The zero-order valence-electron chi connectivity index (χ0n) is 19.6. The number of hydrogen-bond donors (Lipinski definition) is 1. The number of nitrogens with one attached hydrogen (secondary N) is 1. The molecule has 34 heavy (non-hydrogen) atoms. The second kappa shape index (κ2) is 10.8. The van der Waals surface area contributed by atoms with Crippen molar-refractivity contribution in [2.24, 2.45) is 5.92 Å². The molecule has 0 radical (unpaired) electrons. The maximum absolute atomic E-state index is 11.9. The summed E-state index contributed by atoms with van der Waals surface area (Å²) in [5.74, 6) is 0.939. The van der Waals surface area contributed by atoms with Gasteiger partial charge in [0.15, 0.2) is 0 Å². The monoisotopic (exact) mass is 475 g/mol. The first kappa shape index (κ1) is 23.2. The predicted molar refractivity (Wildman–Crippen MR) is 137 cm³/mol. The highest BCUT2D eigenvalue weighted by atomic mass is 32.2. The maximum atomic E-state index is 11.9. The van der Waals surface area contributed by atoms with Crippen LogP contribution in [0.4, 0.5) is 0 Å². The number of rotatable bonds is 6. The Balaban J connectivity index is 1.22. The molecule has 4 nitrogen and oxygen atoms in total. The number of benzene rings is 2. The Morgan fingerprint density at radius 1 is 0.941 bits per heavy atom. The van der Waals surface area contributed by atoms with E-state index >= 15 is 0 Å². The van der Waals surface area contributed by atoms with E-state index in [1.807, 2.05) is 11.8 Å². The van der Waals surface area contributed by atoms with Gasteiger partial charge in [-0.05, 0) is 92.2 Å². The molecular formula is C29H33NO3S. The van der Waals surface area contributed by atoms with Gasteiger partial charge in [0.1, 0.15) is 5.75 Å². The fourth-order valence-electron chi connectivity index (χ4n) is 5.33. The average Bonchev–Trinajstić information content (AvgIpc) is 3.17. The van der Waals surface area contributed by atoms with E-state index in [2.05, 4.69) is 59.9 Å². The molecule has 2 unspecified atom stereocenters. The molecule has 3 aliphatic rings. The lowest BCUT2D eigenvalue weighted by molar-refractivity contribution is -0.129. The Morgan fingerprint density at radius 2 is 1.82 bits per heavy atom. The first-order chi connectivity index (χ1) is 16.6. The van der Waals surface area contributed by atoms with E-state index in [0.29, 0.717) is 24.2 Å². The second-order valence-electron chi connectivity index (χ2n) is 9.87. The summed E-state index contributed by atoms with van der Waals surface area (Å²) in [5.41, 5.74) is 3.92. The van der Waals surface area contributed by atoms with Crippen molar-refractivity contribution in [2.45, 2.75) is 80.5 Å². The molecule has 2 aromatic carbocycles. The zero-order chi connectivity index (χ0) is 23.3. The SMILES string of the molecule is O=C1CCC(Cc2ccc3c(c2)C=CC(Sc2cccc(OC4CCCC4)c2)CC3)CC(=O)N1. The maximum Gasteiger partial charge on any atom is 0.226 e. The summed E-state index contributed by atoms with van der Waals surface area (Å²) in [4.78, 5) is 24.8. The lowest BCUT2D eigenvalue weighted by Crippen LogP contribution is -2.28. The van der Waals surface area contributed by atoms with Crippen molar-refractivity contribution in [1.82, 2.24) is 5.32 Å². The summed E-state index contributed by atoms with van der Waals surface area (Å²) in [6, 6.07) is 15.3. The normalized spacial score (nSPS) is 23.2. The minimum atomic E-state index is -0.142. The minimum Gasteiger partial charge on any atom is -0.490 e. The number of amides is 2. The van der Waals surface area contributed by atoms with E-state index in [4.69, 9.17) is 4.74 Å². The van der Waals surface area contributed by atoms with E-state index < -0.39 is 0 Å². The first-order valence-corrected chi connectivity index (χ1v) is 13.5. The van der Waals surface area contributed by atoms with E-state index in [9.17, 15) is 9.59 Å². The quantitative estimate of drug-likeness (QED) is 0.512. The molecule has 1 saturated heterocycles. The van der Waals surface area contributed by atoms with Crippen LogP contribution < -0.4 is 10.1 Å². The van der Waals surface area contributed by atoms with Crippen LogP contribution in [0.3, 0.4) is 0 Å². The summed E-state index contributed by atoms with van der Waals surface area (Å²) < 4.78 is 6.20. The summed E-state index contributed by atoms with van der Waals surface area (Å²) >= 11 is 1.91. The fraction of sp³-hybridized carbons (Fsp3) is 0.448. The Hall–Kier alpha value is -2.53. The molecule has 0 aromatic heterocycles. The van der Waals surface area contributed by atoms with Crippen LogP contribution in [0.1, 0.15) is 68.1 Å². The molecule has 2 aromatic rings. The molecule has 0 bridgehead atoms. The number of carbonyl (C=O) groups is 2. The molecule has 0 spiro atoms. The lowest BCUT2D eigenvalue weighted by atomic mass is 9.90. The molecule has 1 heterocycles. The van der Waals surface area contributed by atoms with Crippen molar-refractivity contribution < 1.29 is 14.3 Å². The number of thioether (sulfide) groups is 1. The highest BCUT2D eigenvalue weighted by Gasteiger charge is 2.22. The number of ether oxygens (including phenoxy) is 1. The van der Waals surface area contributed by atoms with Gasteiger partial charge in [-0.25, -0.2) is 0 Å². The minimum absolute atomic E-state index is 0.139. The Labute approximate surface area is 206 Å². The molecule has 1 saturated carbocycles. The molecule has 178 valence electrons. The van der Waals surface area contributed by atoms with Crippen LogP contribution in [0.25, 0.3) is 6.08 Å². The fourth-order valence-corrected chi connectivity index (χ4v) is 6.41. The molecular weight excluding hydrogens is 442 g/mol. The molecule has 2 atom stereocenters. The lowest BCUT2D eigenvalue weighted by Gasteiger charge is -2.15. The van der Waals surface area contributed by atoms with Crippen LogP contribution in [-0.2, 0) is 22.4 Å². The standard InChI is InChI=1S/C29H33NO3S/c31-28-15-9-21(18-29(32)30-28)16-20-8-10-22-11-13-26(14-12-23(22)17-20)34-27-7-3-6-25(19-27)33-24-4-1-2-5-24/h3,6-8,10,12,14,17,19,21,24,26H,1-2,4-5,9,11,13,15-16,18H2,(H,30,31,32). The van der Waals surface area contributed by atoms with E-state index in [1.165, 1.54) is 47.3 Å². The summed E-state index contributed by atoms with van der Waals surface area (Å²) in [5, 5.41) is 2.89. The predicted octanol–water partition coefficient (Wildman–Crippen LogP) is 6.11. The van der Waals surface area contributed by atoms with Crippen LogP contribution in [-0.4, -0.2) is 23.2 Å². The third kappa shape index (κ3) is 6.12. The van der Waals surface area contributed by atoms with Gasteiger partial charge in [-0.15, -0.1) is 11.8 Å². The van der Waals surface area contributed by atoms with Crippen molar-refractivity contribution in [3.8, 4) is 5.75 Å². The van der Waals surface area contributed by atoms with E-state index in [0.717, 1.165) is 31.4 Å². The number of aryl methyl sites for hydroxylation is 1. The Kier molecular flexibility index (Phi) is 7.39. The van der Waals surface area contributed by atoms with Crippen LogP contribution in [0, 0.1) is 5.92 Å². The highest BCUT2D eigenvalue weighted by Crippen LogP contribution is 2.34. The highest BCUT2D eigenvalue weighted by molar-refractivity contribution is 8.00. The van der Waals surface area contributed by atoms with Gasteiger partial charge in [0.05, 0.1) is 6.10 Å². The molecule has 2 aliphatic carbocycles. The summed E-state index contributed by atoms with van der Waals surface area (Å²) in [6.45, 7) is 0. The van der Waals surface area contributed by atoms with Gasteiger partial charge in [-0.1, -0.05) is 36.4 Å². The molecule has 2 fully saturated rings. The molecule has 5 rings (SSSR count). The number of imide groups is 1. The first-order valence-electron chi connectivity index (χ1n) is 12.7. The largest absolute Gasteiger partial charge is 0.490 e. The van der Waals surface area contributed by atoms with E-state index in [-0.39, 0.29) is 17.7 Å². The average molecular weight is 476 g/mol. The topological polar surface area (TPSA) is 55.4 Å². The van der Waals surface area contributed by atoms with Crippen molar-refractivity contribution in [1.29, 1.82) is 0 Å². The molecule has 1 N–H and O–H groups in total. The summed E-state index contributed by atoms with van der Waals surface area (Å²) in [7, 11) is 0. The molecule has 1 aliphatic heterocycles. The number of carbonyl (C=O) groups excluding carboxylic acids is 2. The van der Waals surface area contributed by atoms with Crippen LogP contribution in [0.2, 0.25) is 0 Å². The number of hydrogen-bond acceptors (Lipinski definition) is 4. The zero-order valence-corrected chi connectivity index (χ0v) is 20.4. The Morgan fingerprint density at radius 3 is 2.71 bits per heavy atom. The second-order valence-corrected chi connectivity index (χ2v) is 11.2. The van der Waals surface area contributed by atoms with Crippen molar-refractivity contribution in [2.75, 3.05) is 0 Å². The van der Waals surface area contributed by atoms with Gasteiger partial charge in [0.25, 0.3) is 0 Å². The van der Waals surface area contributed by atoms with Crippen LogP contribution >= 0.6 is 11.8 Å². The van der Waals surface area contributed by atoms with Crippen LogP contribution in [0.5, 0.6) is 5.75 Å². The van der Waals surface area contributed by atoms with Crippen molar-refractivity contribution >= 4 is 29.7 Å². The number of fused-ring (bicyclic) bond motifs is 1. The van der Waals surface area contributed by atoms with Crippen LogP contribution in [0.15, 0.2) is 53.4 Å². The molecule has 2 amide bonds. The van der Waals surface area contributed by atoms with Gasteiger partial charge >= 0.3 is 0 Å². The smallest absolute Gasteiger partial charge is 0.226 e. The third-order valence-electron chi connectivity index (χ3n) is 7.15. The van der Waals surface area contributed by atoms with Gasteiger partial charge in [-0.2, -0.15) is 0 Å². The van der Waals surface area contributed by atoms with Gasteiger partial charge in [0, 0.05) is 23.0 Å². The molecule has 5 heteroatoms. The van der Waals surface area contributed by atoms with Gasteiger partial charge in [-0.3, -0.25) is 14.9 Å². The van der Waals surface area contributed by atoms with Gasteiger partial charge in [0.2, 0.25) is 11.8 Å². The van der Waals surface area contributed by atoms with Gasteiger partial charge < -0.3 is 4.74 Å². The van der Waals surface area contributed by atoms with Crippen molar-refractivity contribution in [3.05, 3.63) is 65.2 Å².